The van der Waals surface area contributed by atoms with Crippen molar-refractivity contribution in [2.45, 2.75) is 56.9 Å². The van der Waals surface area contributed by atoms with Crippen LogP contribution in [0.5, 0.6) is 0 Å². The Morgan fingerprint density at radius 3 is 2.38 bits per heavy atom. The second-order valence-electron chi connectivity index (χ2n) is 6.26. The molecule has 1 N–H and O–H groups in total. The van der Waals surface area contributed by atoms with Crippen LogP contribution in [0.25, 0.3) is 0 Å². The van der Waals surface area contributed by atoms with Crippen molar-refractivity contribution in [3.8, 4) is 0 Å². The van der Waals surface area contributed by atoms with Gasteiger partial charge in [0.25, 0.3) is 0 Å². The maximum Gasteiger partial charge on any atom is 0.233 e. The molecule has 1 heterocycles. The van der Waals surface area contributed by atoms with Gasteiger partial charge in [0.05, 0.1) is 11.3 Å². The summed E-state index contributed by atoms with van der Waals surface area (Å²) in [5, 5.41) is 3.70. The van der Waals surface area contributed by atoms with E-state index >= 15 is 0 Å². The van der Waals surface area contributed by atoms with Gasteiger partial charge in [-0.25, -0.2) is 9.97 Å². The molecule has 2 atom stereocenters. The van der Waals surface area contributed by atoms with Crippen LogP contribution in [0.2, 0.25) is 0 Å². The molecule has 24 heavy (non-hydrogen) atoms. The van der Waals surface area contributed by atoms with Gasteiger partial charge in [-0.2, -0.15) is 0 Å². The molecule has 5 heteroatoms. The van der Waals surface area contributed by atoms with Crippen LogP contribution < -0.4 is 5.32 Å². The Labute approximate surface area is 148 Å². The van der Waals surface area contributed by atoms with Crippen LogP contribution >= 0.6 is 11.8 Å². The Morgan fingerprint density at radius 1 is 1.08 bits per heavy atom. The highest BCUT2D eigenvalue weighted by Gasteiger charge is 2.18. The van der Waals surface area contributed by atoms with Gasteiger partial charge in [0, 0.05) is 11.6 Å². The van der Waals surface area contributed by atoms with Crippen LogP contribution in [0.4, 0.5) is 0 Å². The van der Waals surface area contributed by atoms with Crippen molar-refractivity contribution in [1.82, 2.24) is 15.3 Å². The molecular weight excluding hydrogens is 318 g/mol. The Bertz CT molecular complexity index is 688. The van der Waals surface area contributed by atoms with E-state index < -0.39 is 0 Å². The summed E-state index contributed by atoms with van der Waals surface area (Å²) in [5.74, 6) is 1.10. The van der Waals surface area contributed by atoms with Crippen molar-refractivity contribution in [3.63, 3.8) is 0 Å². The zero-order valence-corrected chi connectivity index (χ0v) is 15.7. The highest BCUT2D eigenvalue weighted by atomic mass is 32.2. The van der Waals surface area contributed by atoms with E-state index in [9.17, 15) is 4.79 Å². The molecule has 1 amide bonds. The summed E-state index contributed by atoms with van der Waals surface area (Å²) in [6.45, 7) is 10.0. The minimum absolute atomic E-state index is 0.0127. The molecule has 2 aromatic rings. The predicted molar refractivity (Wildman–Crippen MR) is 99.2 cm³/mol. The van der Waals surface area contributed by atoms with Gasteiger partial charge in [-0.15, -0.1) is 0 Å². The number of thioether (sulfide) groups is 1. The van der Waals surface area contributed by atoms with Crippen molar-refractivity contribution >= 4 is 17.7 Å². The minimum Gasteiger partial charge on any atom is -0.349 e. The molecule has 0 fully saturated rings. The summed E-state index contributed by atoms with van der Waals surface area (Å²) in [7, 11) is 0. The maximum atomic E-state index is 12.5. The SMILES string of the molecule is Cc1cc(S[C@H](C)C(=O)N[C@H](C)c2ccccc2)nc(C(C)C)n1. The summed E-state index contributed by atoms with van der Waals surface area (Å²) in [6, 6.07) is 11.9. The van der Waals surface area contributed by atoms with Gasteiger partial charge in [-0.1, -0.05) is 55.9 Å². The van der Waals surface area contributed by atoms with Crippen LogP contribution in [-0.2, 0) is 4.79 Å². The van der Waals surface area contributed by atoms with Gasteiger partial charge in [-0.3, -0.25) is 4.79 Å². The lowest BCUT2D eigenvalue weighted by Crippen LogP contribution is -2.33. The lowest BCUT2D eigenvalue weighted by atomic mass is 10.1. The number of aromatic nitrogens is 2. The number of carbonyl (C=O) groups is 1. The first-order valence-corrected chi connectivity index (χ1v) is 9.12. The van der Waals surface area contributed by atoms with Gasteiger partial charge in [-0.05, 0) is 32.4 Å². The first-order valence-electron chi connectivity index (χ1n) is 8.24. The summed E-state index contributed by atoms with van der Waals surface area (Å²) >= 11 is 1.47. The number of hydrogen-bond acceptors (Lipinski definition) is 4. The molecular formula is C19H25N3OS. The topological polar surface area (TPSA) is 54.9 Å². The lowest BCUT2D eigenvalue weighted by Gasteiger charge is -2.18. The van der Waals surface area contributed by atoms with Crippen LogP contribution in [0.3, 0.4) is 0 Å². The van der Waals surface area contributed by atoms with E-state index in [-0.39, 0.29) is 23.1 Å². The smallest absolute Gasteiger partial charge is 0.233 e. The van der Waals surface area contributed by atoms with Gasteiger partial charge < -0.3 is 5.32 Å². The molecule has 0 unspecified atom stereocenters. The number of hydrogen-bond donors (Lipinski definition) is 1. The second kappa shape index (κ2) is 8.29. The minimum atomic E-state index is -0.217. The molecule has 0 spiro atoms. The zero-order valence-electron chi connectivity index (χ0n) is 14.9. The zero-order chi connectivity index (χ0) is 17.7. The molecule has 0 saturated carbocycles. The van der Waals surface area contributed by atoms with Gasteiger partial charge in [0.2, 0.25) is 5.91 Å². The third-order valence-electron chi connectivity index (χ3n) is 3.69. The van der Waals surface area contributed by atoms with E-state index in [4.69, 9.17) is 0 Å². The van der Waals surface area contributed by atoms with E-state index in [0.29, 0.717) is 0 Å². The van der Waals surface area contributed by atoms with Crippen LogP contribution in [-0.4, -0.2) is 21.1 Å². The highest BCUT2D eigenvalue weighted by Crippen LogP contribution is 2.24. The molecule has 0 aliphatic carbocycles. The first-order chi connectivity index (χ1) is 11.4. The fraction of sp³-hybridized carbons (Fsp3) is 0.421. The van der Waals surface area contributed by atoms with Crippen molar-refractivity contribution in [3.05, 3.63) is 53.5 Å². The van der Waals surface area contributed by atoms with Crippen LogP contribution in [0, 0.1) is 6.92 Å². The van der Waals surface area contributed by atoms with Crippen LogP contribution in [0.1, 0.15) is 56.7 Å². The molecule has 128 valence electrons. The summed E-state index contributed by atoms with van der Waals surface area (Å²) < 4.78 is 0. The number of rotatable bonds is 6. The molecule has 2 rings (SSSR count). The van der Waals surface area contributed by atoms with E-state index in [1.165, 1.54) is 11.8 Å². The fourth-order valence-electron chi connectivity index (χ4n) is 2.27. The van der Waals surface area contributed by atoms with Gasteiger partial charge in [0.1, 0.15) is 10.9 Å². The average molecular weight is 343 g/mol. The predicted octanol–water partition coefficient (Wildman–Crippen LogP) is 4.27. The van der Waals surface area contributed by atoms with E-state index in [0.717, 1.165) is 22.1 Å². The third kappa shape index (κ3) is 5.06. The first kappa shape index (κ1) is 18.5. The number of nitrogens with zero attached hydrogens (tertiary/aromatic N) is 2. The number of benzene rings is 1. The maximum absolute atomic E-state index is 12.5. The molecule has 1 aromatic heterocycles. The highest BCUT2D eigenvalue weighted by molar-refractivity contribution is 8.00. The average Bonchev–Trinajstić information content (AvgIpc) is 2.54. The van der Waals surface area contributed by atoms with Crippen molar-refractivity contribution < 1.29 is 4.79 Å². The second-order valence-corrected chi connectivity index (χ2v) is 7.62. The number of carbonyl (C=O) groups excluding carboxylic acids is 1. The third-order valence-corrected chi connectivity index (χ3v) is 4.71. The summed E-state index contributed by atoms with van der Waals surface area (Å²) in [6.07, 6.45) is 0. The Kier molecular flexibility index (Phi) is 6.37. The lowest BCUT2D eigenvalue weighted by molar-refractivity contribution is -0.120. The van der Waals surface area contributed by atoms with Crippen molar-refractivity contribution in [2.24, 2.45) is 0 Å². The molecule has 0 radical (unpaired) electrons. The molecule has 0 aliphatic rings. The molecule has 1 aromatic carbocycles. The molecule has 4 nitrogen and oxygen atoms in total. The van der Waals surface area contributed by atoms with Crippen LogP contribution in [0.15, 0.2) is 41.4 Å². The van der Waals surface area contributed by atoms with Crippen molar-refractivity contribution in [1.29, 1.82) is 0 Å². The standard InChI is InChI=1S/C19H25N3OS/c1-12(2)18-20-13(3)11-17(22-18)24-15(5)19(23)21-14(4)16-9-7-6-8-10-16/h6-12,14-15H,1-5H3,(H,21,23)/t14-,15-/m1/s1. The van der Waals surface area contributed by atoms with E-state index in [2.05, 4.69) is 29.1 Å². The Morgan fingerprint density at radius 2 is 1.75 bits per heavy atom. The van der Waals surface area contributed by atoms with E-state index in [1.54, 1.807) is 0 Å². The van der Waals surface area contributed by atoms with Gasteiger partial charge >= 0.3 is 0 Å². The Balaban J connectivity index is 2.01. The van der Waals surface area contributed by atoms with Crippen molar-refractivity contribution in [2.75, 3.05) is 0 Å². The number of nitrogens with one attached hydrogen (secondary N) is 1. The summed E-state index contributed by atoms with van der Waals surface area (Å²) in [4.78, 5) is 21.5. The quantitative estimate of drug-likeness (QED) is 0.629. The van der Waals surface area contributed by atoms with E-state index in [1.807, 2.05) is 57.2 Å². The number of amides is 1. The monoisotopic (exact) mass is 343 g/mol. The number of aryl methyl sites for hydroxylation is 1. The van der Waals surface area contributed by atoms with Gasteiger partial charge in [0.15, 0.2) is 0 Å². The molecule has 0 bridgehead atoms. The Hall–Kier alpha value is -1.88. The molecule has 0 aliphatic heterocycles. The molecule has 0 saturated heterocycles. The largest absolute Gasteiger partial charge is 0.349 e. The summed E-state index contributed by atoms with van der Waals surface area (Å²) in [5.41, 5.74) is 2.03. The normalized spacial score (nSPS) is 13.6. The fourth-order valence-corrected chi connectivity index (χ4v) is 3.19.